The Morgan fingerprint density at radius 3 is 2.62 bits per heavy atom. The summed E-state index contributed by atoms with van der Waals surface area (Å²) < 4.78 is 5.27. The van der Waals surface area contributed by atoms with E-state index in [2.05, 4.69) is 25.5 Å². The van der Waals surface area contributed by atoms with E-state index in [1.54, 1.807) is 18.3 Å². The second-order valence-corrected chi connectivity index (χ2v) is 8.94. The van der Waals surface area contributed by atoms with Gasteiger partial charge < -0.3 is 30.2 Å². The number of nitrogens with zero attached hydrogens (tertiary/aromatic N) is 3. The number of phenolic OH excluding ortho intramolecular Hbond substituents is 1. The molecule has 5 rings (SSSR count). The van der Waals surface area contributed by atoms with Crippen LogP contribution in [0.3, 0.4) is 0 Å². The molecule has 0 radical (unpaired) electrons. The van der Waals surface area contributed by atoms with Gasteiger partial charge in [-0.3, -0.25) is 4.98 Å². The van der Waals surface area contributed by atoms with Crippen molar-refractivity contribution in [1.29, 1.82) is 0 Å². The van der Waals surface area contributed by atoms with Gasteiger partial charge in [0.2, 0.25) is 0 Å². The third-order valence-electron chi connectivity index (χ3n) is 6.29. The zero-order chi connectivity index (χ0) is 25.1. The maximum Gasteiger partial charge on any atom is 0.176 e. The first-order valence-electron chi connectivity index (χ1n) is 11.7. The van der Waals surface area contributed by atoms with Gasteiger partial charge in [0, 0.05) is 49.7 Å². The van der Waals surface area contributed by atoms with Crippen LogP contribution >= 0.6 is 24.0 Å². The van der Waals surface area contributed by atoms with E-state index in [1.807, 2.05) is 36.5 Å². The topological polar surface area (TPSA) is 99.6 Å². The molecule has 1 saturated heterocycles. The minimum atomic E-state index is -0.0993. The molecule has 0 atom stereocenters. The van der Waals surface area contributed by atoms with Crippen molar-refractivity contribution in [3.05, 3.63) is 65.4 Å². The summed E-state index contributed by atoms with van der Waals surface area (Å²) >= 11 is 6.23. The van der Waals surface area contributed by atoms with Gasteiger partial charge in [0.05, 0.1) is 35.2 Å². The summed E-state index contributed by atoms with van der Waals surface area (Å²) in [6, 6.07) is 13.3. The molecule has 8 nitrogen and oxygen atoms in total. The zero-order valence-corrected chi connectivity index (χ0v) is 21.8. The largest absolute Gasteiger partial charge is 0.503 e. The summed E-state index contributed by atoms with van der Waals surface area (Å²) in [4.78, 5) is 22.9. The van der Waals surface area contributed by atoms with Crippen molar-refractivity contribution in [2.45, 2.75) is 6.42 Å². The van der Waals surface area contributed by atoms with Crippen molar-refractivity contribution in [2.75, 3.05) is 43.5 Å². The van der Waals surface area contributed by atoms with Crippen molar-refractivity contribution < 1.29 is 14.6 Å². The van der Waals surface area contributed by atoms with Gasteiger partial charge in [-0.15, -0.1) is 12.4 Å². The summed E-state index contributed by atoms with van der Waals surface area (Å²) in [5, 5.41) is 18.0. The van der Waals surface area contributed by atoms with Gasteiger partial charge in [-0.1, -0.05) is 17.7 Å². The molecule has 0 bridgehead atoms. The summed E-state index contributed by atoms with van der Waals surface area (Å²) in [5.74, 6) is 1.13. The monoisotopic (exact) mass is 539 g/mol. The Morgan fingerprint density at radius 2 is 1.92 bits per heavy atom. The van der Waals surface area contributed by atoms with Crippen LogP contribution in [-0.2, 0) is 11.2 Å². The number of hydrogen-bond donors (Lipinski definition) is 3. The molecule has 1 fully saturated rings. The van der Waals surface area contributed by atoms with Gasteiger partial charge in [0.25, 0.3) is 0 Å². The van der Waals surface area contributed by atoms with Crippen molar-refractivity contribution in [3.63, 3.8) is 0 Å². The lowest BCUT2D eigenvalue weighted by atomic mass is 10.00. The van der Waals surface area contributed by atoms with Crippen molar-refractivity contribution >= 4 is 58.4 Å². The fourth-order valence-electron chi connectivity index (χ4n) is 4.39. The molecule has 4 aromatic rings. The Labute approximate surface area is 226 Å². The molecule has 1 aliphatic heterocycles. The number of piperazine rings is 1. The zero-order valence-electron chi connectivity index (χ0n) is 20.2. The fourth-order valence-corrected chi connectivity index (χ4v) is 4.60. The van der Waals surface area contributed by atoms with Crippen LogP contribution in [0.5, 0.6) is 11.5 Å². The molecular weight excluding hydrogens is 513 g/mol. The van der Waals surface area contributed by atoms with Crippen LogP contribution in [0.1, 0.15) is 5.56 Å². The van der Waals surface area contributed by atoms with Gasteiger partial charge in [-0.25, -0.2) is 4.98 Å². The average Bonchev–Trinajstić information content (AvgIpc) is 2.92. The molecule has 1 aliphatic rings. The number of carbonyl (C=O) groups excluding carboxylic acids is 1. The maximum absolute atomic E-state index is 11.4. The molecule has 2 aromatic carbocycles. The molecule has 0 unspecified atom stereocenters. The van der Waals surface area contributed by atoms with Crippen molar-refractivity contribution in [2.24, 2.45) is 0 Å². The number of benzene rings is 2. The fraction of sp³-hybridized carbons (Fsp3) is 0.222. The second-order valence-electron chi connectivity index (χ2n) is 8.54. The Balaban J connectivity index is 0.00000320. The number of anilines is 3. The van der Waals surface area contributed by atoms with Gasteiger partial charge in [-0.05, 0) is 47.5 Å². The summed E-state index contributed by atoms with van der Waals surface area (Å²) in [6.45, 7) is 3.74. The van der Waals surface area contributed by atoms with E-state index in [1.165, 1.54) is 7.11 Å². The molecule has 3 heterocycles. The number of carbonyl (C=O) groups is 1. The van der Waals surface area contributed by atoms with Crippen LogP contribution in [0.2, 0.25) is 5.02 Å². The standard InChI is InChI=1S/C27H26ClN5O3.ClH/c1-36-24-14-19(13-22(28)27(24)35)17-2-4-23-21(12-17)26(18(6-11-34)15-30-23)32-20-3-5-25(31-16-20)33-9-7-29-8-10-33;/h2-5,11-16,29,35H,6-10H2,1H3,(H,30,32);1H. The number of hydrogen-bond acceptors (Lipinski definition) is 8. The van der Waals surface area contributed by atoms with E-state index in [0.717, 1.165) is 77.3 Å². The average molecular weight is 540 g/mol. The predicted molar refractivity (Wildman–Crippen MR) is 150 cm³/mol. The predicted octanol–water partition coefficient (Wildman–Crippen LogP) is 4.98. The van der Waals surface area contributed by atoms with E-state index in [9.17, 15) is 9.90 Å². The SMILES string of the molecule is COc1cc(-c2ccc3ncc(CC=O)c(Nc4ccc(N5CCNCC5)nc4)c3c2)cc(Cl)c1O.Cl. The number of aromatic hydroxyl groups is 1. The summed E-state index contributed by atoms with van der Waals surface area (Å²) in [7, 11) is 1.48. The first-order chi connectivity index (χ1) is 17.6. The van der Waals surface area contributed by atoms with Gasteiger partial charge in [0.1, 0.15) is 12.1 Å². The van der Waals surface area contributed by atoms with Crippen molar-refractivity contribution in [3.8, 4) is 22.6 Å². The van der Waals surface area contributed by atoms with Crippen molar-refractivity contribution in [1.82, 2.24) is 15.3 Å². The number of methoxy groups -OCH3 is 1. The first-order valence-corrected chi connectivity index (χ1v) is 12.1. The number of phenols is 1. The third kappa shape index (κ3) is 5.56. The Kier molecular flexibility index (Phi) is 8.33. The number of pyridine rings is 2. The minimum absolute atomic E-state index is 0. The second kappa shape index (κ2) is 11.6. The molecule has 0 spiro atoms. The molecule has 0 amide bonds. The number of halogens is 2. The smallest absolute Gasteiger partial charge is 0.176 e. The Bertz CT molecular complexity index is 1410. The van der Waals surface area contributed by atoms with E-state index in [0.29, 0.717) is 5.75 Å². The van der Waals surface area contributed by atoms with Crippen LogP contribution < -0.4 is 20.3 Å². The van der Waals surface area contributed by atoms with E-state index in [4.69, 9.17) is 16.3 Å². The third-order valence-corrected chi connectivity index (χ3v) is 6.58. The Morgan fingerprint density at radius 1 is 1.11 bits per heavy atom. The molecule has 0 aliphatic carbocycles. The highest BCUT2D eigenvalue weighted by molar-refractivity contribution is 6.32. The van der Waals surface area contributed by atoms with Gasteiger partial charge in [-0.2, -0.15) is 0 Å². The normalized spacial score (nSPS) is 13.2. The highest BCUT2D eigenvalue weighted by atomic mass is 35.5. The molecule has 192 valence electrons. The number of ether oxygens (including phenoxy) is 1. The van der Waals surface area contributed by atoms with Gasteiger partial charge in [0.15, 0.2) is 11.5 Å². The molecular formula is C27H27Cl2N5O3. The van der Waals surface area contributed by atoms with Crippen LogP contribution in [0, 0.1) is 0 Å². The van der Waals surface area contributed by atoms with E-state index in [-0.39, 0.29) is 29.6 Å². The Hall–Kier alpha value is -3.59. The maximum atomic E-state index is 11.4. The number of aromatic nitrogens is 2. The highest BCUT2D eigenvalue weighted by Crippen LogP contribution is 2.40. The molecule has 10 heteroatoms. The molecule has 0 saturated carbocycles. The number of nitrogens with one attached hydrogen (secondary N) is 2. The first kappa shape index (κ1) is 26.5. The summed E-state index contributed by atoms with van der Waals surface area (Å²) in [6.07, 6.45) is 4.62. The highest BCUT2D eigenvalue weighted by Gasteiger charge is 2.15. The molecule has 3 N–H and O–H groups in total. The van der Waals surface area contributed by atoms with Crippen LogP contribution in [0.15, 0.2) is 54.9 Å². The lowest BCUT2D eigenvalue weighted by Gasteiger charge is -2.28. The number of aldehydes is 1. The number of fused-ring (bicyclic) bond motifs is 1. The van der Waals surface area contributed by atoms with Crippen LogP contribution in [0.4, 0.5) is 17.2 Å². The lowest BCUT2D eigenvalue weighted by molar-refractivity contribution is -0.107. The quantitative estimate of drug-likeness (QED) is 0.283. The molecule has 37 heavy (non-hydrogen) atoms. The van der Waals surface area contributed by atoms with E-state index < -0.39 is 0 Å². The number of rotatable bonds is 7. The minimum Gasteiger partial charge on any atom is -0.503 e. The van der Waals surface area contributed by atoms with Crippen LogP contribution in [0.25, 0.3) is 22.0 Å². The summed E-state index contributed by atoms with van der Waals surface area (Å²) in [5.41, 5.74) is 4.81. The van der Waals surface area contributed by atoms with Crippen LogP contribution in [-0.4, -0.2) is 54.6 Å². The molecule has 2 aromatic heterocycles. The lowest BCUT2D eigenvalue weighted by Crippen LogP contribution is -2.43. The van der Waals surface area contributed by atoms with E-state index >= 15 is 0 Å². The van der Waals surface area contributed by atoms with Gasteiger partial charge >= 0.3 is 0 Å².